The molecular formula is C9H5F2NO3. The largest absolute Gasteiger partial charge is 0.479 e. The molecule has 1 aromatic carbocycles. The van der Waals surface area contributed by atoms with Gasteiger partial charge in [0.2, 0.25) is 0 Å². The van der Waals surface area contributed by atoms with Crippen LogP contribution in [0, 0.1) is 23.0 Å². The predicted octanol–water partition coefficient (Wildman–Crippen LogP) is 0.954. The quantitative estimate of drug-likeness (QED) is 0.766. The van der Waals surface area contributed by atoms with Crippen LogP contribution in [0.4, 0.5) is 8.78 Å². The van der Waals surface area contributed by atoms with Gasteiger partial charge in [-0.05, 0) is 6.07 Å². The number of rotatable bonds is 2. The highest BCUT2D eigenvalue weighted by molar-refractivity contribution is 5.75. The van der Waals surface area contributed by atoms with Gasteiger partial charge in [0.1, 0.15) is 17.7 Å². The molecule has 0 radical (unpaired) electrons. The molecule has 0 spiro atoms. The van der Waals surface area contributed by atoms with Crippen LogP contribution in [0.25, 0.3) is 0 Å². The van der Waals surface area contributed by atoms with Crippen LogP contribution in [0.3, 0.4) is 0 Å². The number of aliphatic hydroxyl groups excluding tert-OH is 1. The van der Waals surface area contributed by atoms with E-state index in [1.165, 1.54) is 6.07 Å². The van der Waals surface area contributed by atoms with E-state index in [4.69, 9.17) is 15.5 Å². The molecule has 0 aliphatic rings. The summed E-state index contributed by atoms with van der Waals surface area (Å²) >= 11 is 0. The lowest BCUT2D eigenvalue weighted by atomic mass is 10.0. The van der Waals surface area contributed by atoms with Gasteiger partial charge in [0.05, 0.1) is 5.56 Å². The van der Waals surface area contributed by atoms with Gasteiger partial charge in [0.25, 0.3) is 0 Å². The van der Waals surface area contributed by atoms with E-state index in [1.54, 1.807) is 0 Å². The summed E-state index contributed by atoms with van der Waals surface area (Å²) in [7, 11) is 0. The van der Waals surface area contributed by atoms with E-state index in [2.05, 4.69) is 0 Å². The molecule has 0 aliphatic heterocycles. The molecule has 0 aliphatic carbocycles. The summed E-state index contributed by atoms with van der Waals surface area (Å²) in [5, 5.41) is 26.0. The van der Waals surface area contributed by atoms with E-state index in [0.717, 1.165) is 0 Å². The number of hydrogen-bond acceptors (Lipinski definition) is 3. The van der Waals surface area contributed by atoms with E-state index in [9.17, 15) is 13.6 Å². The maximum atomic E-state index is 13.0. The Labute approximate surface area is 83.0 Å². The van der Waals surface area contributed by atoms with E-state index in [1.807, 2.05) is 0 Å². The van der Waals surface area contributed by atoms with Crippen molar-refractivity contribution in [2.75, 3.05) is 0 Å². The number of hydrogen-bond donors (Lipinski definition) is 2. The zero-order chi connectivity index (χ0) is 11.6. The Morgan fingerprint density at radius 3 is 2.53 bits per heavy atom. The predicted molar refractivity (Wildman–Crippen MR) is 43.7 cm³/mol. The van der Waals surface area contributed by atoms with E-state index in [0.29, 0.717) is 12.1 Å². The second kappa shape index (κ2) is 4.02. The highest BCUT2D eigenvalue weighted by atomic mass is 19.1. The average molecular weight is 213 g/mol. The number of carboxylic acid groups (broad SMARTS) is 1. The molecule has 1 unspecified atom stereocenters. The lowest BCUT2D eigenvalue weighted by Crippen LogP contribution is -2.13. The summed E-state index contributed by atoms with van der Waals surface area (Å²) in [6, 6.07) is 2.41. The van der Waals surface area contributed by atoms with Crippen molar-refractivity contribution < 1.29 is 23.8 Å². The number of carbonyl (C=O) groups is 1. The molecule has 1 atom stereocenters. The summed E-state index contributed by atoms with van der Waals surface area (Å²) < 4.78 is 25.7. The fraction of sp³-hybridized carbons (Fsp3) is 0.111. The molecule has 78 valence electrons. The van der Waals surface area contributed by atoms with Gasteiger partial charge in [-0.1, -0.05) is 0 Å². The summed E-state index contributed by atoms with van der Waals surface area (Å²) in [4.78, 5) is 10.4. The van der Waals surface area contributed by atoms with Crippen molar-refractivity contribution in [2.45, 2.75) is 6.10 Å². The molecule has 0 bridgehead atoms. The minimum atomic E-state index is -2.12. The minimum absolute atomic E-state index is 0.441. The van der Waals surface area contributed by atoms with Crippen molar-refractivity contribution in [3.63, 3.8) is 0 Å². The second-order valence-electron chi connectivity index (χ2n) is 2.70. The summed E-state index contributed by atoms with van der Waals surface area (Å²) in [5.41, 5.74) is -1.27. The van der Waals surface area contributed by atoms with Crippen LogP contribution in [0.1, 0.15) is 17.2 Å². The van der Waals surface area contributed by atoms with Crippen molar-refractivity contribution >= 4 is 5.97 Å². The molecule has 0 saturated heterocycles. The third-order valence-electron chi connectivity index (χ3n) is 1.73. The van der Waals surface area contributed by atoms with Gasteiger partial charge in [0, 0.05) is 11.6 Å². The van der Waals surface area contributed by atoms with Crippen LogP contribution in [0.5, 0.6) is 0 Å². The number of nitriles is 1. The molecule has 0 heterocycles. The normalized spacial score (nSPS) is 11.9. The van der Waals surface area contributed by atoms with Gasteiger partial charge in [-0.15, -0.1) is 0 Å². The Balaban J connectivity index is 3.40. The first-order valence-corrected chi connectivity index (χ1v) is 3.77. The summed E-state index contributed by atoms with van der Waals surface area (Å²) in [6.45, 7) is 0. The SMILES string of the molecule is N#Cc1c(F)cc(F)cc1C(O)C(=O)O. The maximum Gasteiger partial charge on any atom is 0.337 e. The van der Waals surface area contributed by atoms with Crippen LogP contribution in [-0.4, -0.2) is 16.2 Å². The zero-order valence-electron chi connectivity index (χ0n) is 7.24. The second-order valence-corrected chi connectivity index (χ2v) is 2.70. The fourth-order valence-corrected chi connectivity index (χ4v) is 1.06. The number of carboxylic acids is 1. The van der Waals surface area contributed by atoms with Gasteiger partial charge < -0.3 is 10.2 Å². The molecule has 4 nitrogen and oxygen atoms in total. The Bertz CT molecular complexity index is 453. The first-order valence-electron chi connectivity index (χ1n) is 3.77. The zero-order valence-corrected chi connectivity index (χ0v) is 7.24. The molecule has 1 aromatic rings. The first-order chi connectivity index (χ1) is 6.97. The van der Waals surface area contributed by atoms with Crippen molar-refractivity contribution in [2.24, 2.45) is 0 Å². The number of nitrogens with zero attached hydrogens (tertiary/aromatic N) is 1. The summed E-state index contributed by atoms with van der Waals surface area (Å²) in [6.07, 6.45) is -2.12. The van der Waals surface area contributed by atoms with Crippen LogP contribution in [0.15, 0.2) is 12.1 Å². The van der Waals surface area contributed by atoms with E-state index < -0.39 is 34.8 Å². The molecule has 0 saturated carbocycles. The van der Waals surface area contributed by atoms with Gasteiger partial charge in [-0.2, -0.15) is 5.26 Å². The lowest BCUT2D eigenvalue weighted by Gasteiger charge is -2.08. The Hall–Kier alpha value is -2.00. The van der Waals surface area contributed by atoms with Crippen LogP contribution >= 0.6 is 0 Å². The van der Waals surface area contributed by atoms with Crippen molar-refractivity contribution in [3.05, 3.63) is 34.9 Å². The number of aliphatic hydroxyl groups is 1. The molecule has 6 heteroatoms. The smallest absolute Gasteiger partial charge is 0.337 e. The summed E-state index contributed by atoms with van der Waals surface area (Å²) in [5.74, 6) is -3.94. The van der Waals surface area contributed by atoms with Gasteiger partial charge in [-0.25, -0.2) is 13.6 Å². The van der Waals surface area contributed by atoms with Gasteiger partial charge in [0.15, 0.2) is 6.10 Å². The highest BCUT2D eigenvalue weighted by Gasteiger charge is 2.23. The lowest BCUT2D eigenvalue weighted by molar-refractivity contribution is -0.147. The van der Waals surface area contributed by atoms with Crippen molar-refractivity contribution in [1.29, 1.82) is 5.26 Å². The van der Waals surface area contributed by atoms with Crippen molar-refractivity contribution in [1.82, 2.24) is 0 Å². The third kappa shape index (κ3) is 2.08. The van der Waals surface area contributed by atoms with Crippen LogP contribution in [-0.2, 0) is 4.79 Å². The molecule has 0 amide bonds. The standard InChI is InChI=1S/C9H5F2NO3/c10-4-1-5(8(13)9(14)15)6(3-12)7(11)2-4/h1-2,8,13H,(H,14,15). The molecule has 2 N–H and O–H groups in total. The number of benzene rings is 1. The Morgan fingerprint density at radius 2 is 2.07 bits per heavy atom. The Morgan fingerprint density at radius 1 is 1.47 bits per heavy atom. The molecule has 0 aromatic heterocycles. The van der Waals surface area contributed by atoms with Gasteiger partial charge >= 0.3 is 5.97 Å². The fourth-order valence-electron chi connectivity index (χ4n) is 1.06. The highest BCUT2D eigenvalue weighted by Crippen LogP contribution is 2.21. The third-order valence-corrected chi connectivity index (χ3v) is 1.73. The number of halogens is 2. The van der Waals surface area contributed by atoms with Gasteiger partial charge in [-0.3, -0.25) is 0 Å². The maximum absolute atomic E-state index is 13.0. The average Bonchev–Trinajstić information content (AvgIpc) is 2.15. The van der Waals surface area contributed by atoms with Crippen LogP contribution < -0.4 is 0 Å². The first kappa shape index (κ1) is 11.1. The van der Waals surface area contributed by atoms with Crippen LogP contribution in [0.2, 0.25) is 0 Å². The molecule has 15 heavy (non-hydrogen) atoms. The van der Waals surface area contributed by atoms with E-state index in [-0.39, 0.29) is 0 Å². The van der Waals surface area contributed by atoms with E-state index >= 15 is 0 Å². The topological polar surface area (TPSA) is 81.3 Å². The molecule has 1 rings (SSSR count). The number of aliphatic carboxylic acids is 1. The molecule has 0 fully saturated rings. The monoisotopic (exact) mass is 213 g/mol. The minimum Gasteiger partial charge on any atom is -0.479 e. The van der Waals surface area contributed by atoms with Crippen molar-refractivity contribution in [3.8, 4) is 6.07 Å². The molecular weight excluding hydrogens is 208 g/mol. The Kier molecular flexibility index (Phi) is 2.97.